The zero-order valence-corrected chi connectivity index (χ0v) is 17.7. The zero-order valence-electron chi connectivity index (χ0n) is 14.5. The van der Waals surface area contributed by atoms with Gasteiger partial charge in [-0.3, -0.25) is 4.79 Å². The highest BCUT2D eigenvalue weighted by Crippen LogP contribution is 2.25. The number of rotatable bonds is 6. The molecule has 0 N–H and O–H groups in total. The van der Waals surface area contributed by atoms with Crippen molar-refractivity contribution >= 4 is 61.5 Å². The van der Waals surface area contributed by atoms with E-state index >= 15 is 0 Å². The zero-order chi connectivity index (χ0) is 19.5. The summed E-state index contributed by atoms with van der Waals surface area (Å²) in [5, 5.41) is 2.25. The number of benzene rings is 2. The van der Waals surface area contributed by atoms with Crippen LogP contribution in [-0.2, 0) is 6.61 Å². The fourth-order valence-electron chi connectivity index (χ4n) is 2.69. The number of hydrogen-bond acceptors (Lipinski definition) is 4. The minimum absolute atomic E-state index is 0.103. The van der Waals surface area contributed by atoms with Crippen LogP contribution in [-0.4, -0.2) is 5.78 Å². The van der Waals surface area contributed by atoms with Crippen molar-refractivity contribution in [2.24, 2.45) is 0 Å². The van der Waals surface area contributed by atoms with Gasteiger partial charge in [0.15, 0.2) is 5.78 Å². The molecule has 2 heterocycles. The van der Waals surface area contributed by atoms with Gasteiger partial charge >= 0.3 is 0 Å². The summed E-state index contributed by atoms with van der Waals surface area (Å²) in [6.07, 6.45) is 3.13. The van der Waals surface area contributed by atoms with Gasteiger partial charge in [-0.05, 0) is 71.5 Å². The Kier molecular flexibility index (Phi) is 5.67. The Hall–Kier alpha value is -2.34. The normalized spacial score (nSPS) is 11.4. The molecule has 0 fully saturated rings. The van der Waals surface area contributed by atoms with Crippen molar-refractivity contribution in [1.29, 1.82) is 0 Å². The van der Waals surface area contributed by atoms with Crippen LogP contribution >= 0.6 is 38.9 Å². The summed E-state index contributed by atoms with van der Waals surface area (Å²) in [5.41, 5.74) is 0. The van der Waals surface area contributed by atoms with E-state index in [4.69, 9.17) is 20.8 Å². The third-order valence-electron chi connectivity index (χ3n) is 4.05. The SMILES string of the molecule is O=C(/C=C/c1ccc(COc2ccc3cc(Br)ccc3c2)o1)c1ccc(Cl)s1. The van der Waals surface area contributed by atoms with Crippen molar-refractivity contribution < 1.29 is 13.9 Å². The van der Waals surface area contributed by atoms with Crippen LogP contribution in [0.2, 0.25) is 4.34 Å². The van der Waals surface area contributed by atoms with Gasteiger partial charge in [0.05, 0.1) is 9.21 Å². The van der Waals surface area contributed by atoms with Crippen LogP contribution in [0.15, 0.2) is 75.6 Å². The first kappa shape index (κ1) is 19.0. The maximum Gasteiger partial charge on any atom is 0.195 e. The molecule has 2 aromatic heterocycles. The third-order valence-corrected chi connectivity index (χ3v) is 5.79. The first-order chi connectivity index (χ1) is 13.6. The number of ketones is 1. The topological polar surface area (TPSA) is 39.4 Å². The van der Waals surface area contributed by atoms with E-state index in [1.54, 1.807) is 18.2 Å². The molecule has 4 aromatic rings. The molecule has 0 atom stereocenters. The van der Waals surface area contributed by atoms with Gasteiger partial charge in [0.25, 0.3) is 0 Å². The van der Waals surface area contributed by atoms with Gasteiger partial charge in [0.2, 0.25) is 0 Å². The molecule has 0 amide bonds. The Morgan fingerprint density at radius 3 is 2.71 bits per heavy atom. The van der Waals surface area contributed by atoms with E-state index in [1.807, 2.05) is 42.5 Å². The summed E-state index contributed by atoms with van der Waals surface area (Å²) in [7, 11) is 0. The molecule has 2 aromatic carbocycles. The molecule has 0 aliphatic heterocycles. The molecule has 0 saturated heterocycles. The van der Waals surface area contributed by atoms with E-state index in [2.05, 4.69) is 22.0 Å². The Bertz CT molecular complexity index is 1180. The van der Waals surface area contributed by atoms with Crippen molar-refractivity contribution in [3.8, 4) is 5.75 Å². The van der Waals surface area contributed by atoms with Gasteiger partial charge in [0.1, 0.15) is 23.9 Å². The number of allylic oxidation sites excluding steroid dienone is 1. The molecule has 6 heteroatoms. The fraction of sp³-hybridized carbons (Fsp3) is 0.0455. The minimum atomic E-state index is -0.103. The second-order valence-corrected chi connectivity index (χ2v) is 8.68. The highest BCUT2D eigenvalue weighted by molar-refractivity contribution is 9.10. The number of furan rings is 1. The quantitative estimate of drug-likeness (QED) is 0.216. The fourth-order valence-corrected chi connectivity index (χ4v) is 4.03. The summed E-state index contributed by atoms with van der Waals surface area (Å²) in [6, 6.07) is 19.1. The predicted octanol–water partition coefficient (Wildman–Crippen LogP) is 7.39. The molecule has 0 unspecified atom stereocenters. The molecule has 140 valence electrons. The number of carbonyl (C=O) groups excluding carboxylic acids is 1. The van der Waals surface area contributed by atoms with Crippen LogP contribution in [0, 0.1) is 0 Å². The maximum absolute atomic E-state index is 12.1. The van der Waals surface area contributed by atoms with E-state index in [0.29, 0.717) is 27.3 Å². The second kappa shape index (κ2) is 8.35. The number of ether oxygens (including phenoxy) is 1. The van der Waals surface area contributed by atoms with Crippen molar-refractivity contribution in [1.82, 2.24) is 0 Å². The minimum Gasteiger partial charge on any atom is -0.486 e. The van der Waals surface area contributed by atoms with Crippen LogP contribution in [0.25, 0.3) is 16.8 Å². The molecule has 3 nitrogen and oxygen atoms in total. The highest BCUT2D eigenvalue weighted by atomic mass is 79.9. The molecule has 0 aliphatic rings. The monoisotopic (exact) mass is 472 g/mol. The van der Waals surface area contributed by atoms with Gasteiger partial charge in [-0.2, -0.15) is 0 Å². The standard InChI is InChI=1S/C22H14BrClO3S/c23-16-3-1-15-12-18(4-2-14(15)11-16)26-13-19-6-5-17(27-19)7-8-20(25)21-9-10-22(24)28-21/h1-12H,13H2/b8-7+. The van der Waals surface area contributed by atoms with Gasteiger partial charge in [-0.1, -0.05) is 39.7 Å². The number of halogens is 2. The van der Waals surface area contributed by atoms with E-state index < -0.39 is 0 Å². The number of fused-ring (bicyclic) bond motifs is 1. The van der Waals surface area contributed by atoms with Crippen LogP contribution in [0.3, 0.4) is 0 Å². The van der Waals surface area contributed by atoms with E-state index in [9.17, 15) is 4.79 Å². The average molecular weight is 474 g/mol. The molecule has 0 radical (unpaired) electrons. The summed E-state index contributed by atoms with van der Waals surface area (Å²) in [6.45, 7) is 0.310. The van der Waals surface area contributed by atoms with Crippen LogP contribution < -0.4 is 4.74 Å². The molecule has 28 heavy (non-hydrogen) atoms. The van der Waals surface area contributed by atoms with Crippen LogP contribution in [0.4, 0.5) is 0 Å². The lowest BCUT2D eigenvalue weighted by Gasteiger charge is -2.06. The van der Waals surface area contributed by atoms with Crippen LogP contribution in [0.5, 0.6) is 5.75 Å². The molecular formula is C22H14BrClO3S. The largest absolute Gasteiger partial charge is 0.486 e. The molecular weight excluding hydrogens is 460 g/mol. The van der Waals surface area contributed by atoms with Crippen molar-refractivity contribution in [2.75, 3.05) is 0 Å². The molecule has 0 bridgehead atoms. The first-order valence-corrected chi connectivity index (χ1v) is 10.4. The third kappa shape index (κ3) is 4.55. The summed E-state index contributed by atoms with van der Waals surface area (Å²) in [4.78, 5) is 12.7. The van der Waals surface area contributed by atoms with Gasteiger partial charge < -0.3 is 9.15 Å². The Balaban J connectivity index is 1.39. The predicted molar refractivity (Wildman–Crippen MR) is 117 cm³/mol. The Morgan fingerprint density at radius 1 is 1.07 bits per heavy atom. The Labute approximate surface area is 179 Å². The van der Waals surface area contributed by atoms with E-state index in [-0.39, 0.29) is 5.78 Å². The summed E-state index contributed by atoms with van der Waals surface area (Å²) >= 11 is 10.6. The average Bonchev–Trinajstić information content (AvgIpc) is 3.33. The molecule has 0 spiro atoms. The van der Waals surface area contributed by atoms with Gasteiger partial charge in [-0.25, -0.2) is 0 Å². The lowest BCUT2D eigenvalue weighted by molar-refractivity contribution is 0.105. The van der Waals surface area contributed by atoms with Gasteiger partial charge in [-0.15, -0.1) is 11.3 Å². The highest BCUT2D eigenvalue weighted by Gasteiger charge is 2.06. The lowest BCUT2D eigenvalue weighted by atomic mass is 10.1. The second-order valence-electron chi connectivity index (χ2n) is 6.05. The van der Waals surface area contributed by atoms with Gasteiger partial charge in [0, 0.05) is 4.47 Å². The number of carbonyl (C=O) groups is 1. The first-order valence-electron chi connectivity index (χ1n) is 8.45. The number of thiophene rings is 1. The summed E-state index contributed by atoms with van der Waals surface area (Å²) < 4.78 is 13.2. The van der Waals surface area contributed by atoms with Crippen LogP contribution in [0.1, 0.15) is 21.2 Å². The van der Waals surface area contributed by atoms with Crippen molar-refractivity contribution in [3.05, 3.63) is 91.9 Å². The number of hydrogen-bond donors (Lipinski definition) is 0. The molecule has 0 aliphatic carbocycles. The van der Waals surface area contributed by atoms with Crippen molar-refractivity contribution in [2.45, 2.75) is 6.61 Å². The lowest BCUT2D eigenvalue weighted by Crippen LogP contribution is -1.93. The molecule has 0 saturated carbocycles. The van der Waals surface area contributed by atoms with Crippen molar-refractivity contribution in [3.63, 3.8) is 0 Å². The molecule has 4 rings (SSSR count). The maximum atomic E-state index is 12.1. The van der Waals surface area contributed by atoms with E-state index in [1.165, 1.54) is 17.4 Å². The smallest absolute Gasteiger partial charge is 0.195 e. The summed E-state index contributed by atoms with van der Waals surface area (Å²) in [5.74, 6) is 1.95. The Morgan fingerprint density at radius 2 is 1.89 bits per heavy atom. The van der Waals surface area contributed by atoms with E-state index in [0.717, 1.165) is 21.0 Å².